The lowest BCUT2D eigenvalue weighted by atomic mass is 10.2. The van der Waals surface area contributed by atoms with Gasteiger partial charge in [0.2, 0.25) is 0 Å². The van der Waals surface area contributed by atoms with Crippen molar-refractivity contribution < 1.29 is 0 Å². The van der Waals surface area contributed by atoms with E-state index in [9.17, 15) is 0 Å². The van der Waals surface area contributed by atoms with Crippen molar-refractivity contribution in [1.82, 2.24) is 4.90 Å². The van der Waals surface area contributed by atoms with E-state index in [0.29, 0.717) is 0 Å². The van der Waals surface area contributed by atoms with Crippen LogP contribution in [0.25, 0.3) is 0 Å². The number of rotatable bonds is 3. The van der Waals surface area contributed by atoms with Crippen LogP contribution in [0.3, 0.4) is 0 Å². The van der Waals surface area contributed by atoms with Gasteiger partial charge in [0.15, 0.2) is 0 Å². The topological polar surface area (TPSA) is 3.24 Å². The normalized spacial score (nSPS) is 21.0. The molecule has 0 radical (unpaired) electrons. The summed E-state index contributed by atoms with van der Waals surface area (Å²) in [5, 5.41) is 0. The molecule has 1 aliphatic carbocycles. The minimum atomic E-state index is 0.961. The van der Waals surface area contributed by atoms with Crippen LogP contribution in [0.1, 0.15) is 32.6 Å². The van der Waals surface area contributed by atoms with Crippen LogP contribution in [0.2, 0.25) is 0 Å². The van der Waals surface area contributed by atoms with Gasteiger partial charge in [0.1, 0.15) is 0 Å². The molecule has 0 aliphatic heterocycles. The Morgan fingerprint density at radius 3 is 2.40 bits per heavy atom. The summed E-state index contributed by atoms with van der Waals surface area (Å²) in [5.74, 6) is 0. The average Bonchev–Trinajstić information content (AvgIpc) is 2.43. The Morgan fingerprint density at radius 1 is 1.40 bits per heavy atom. The first-order valence-corrected chi connectivity index (χ1v) is 6.04. The first-order valence-electron chi connectivity index (χ1n) is 4.62. The summed E-state index contributed by atoms with van der Waals surface area (Å²) in [6.07, 6.45) is 7.26. The number of hydrogen-bond acceptors (Lipinski definition) is 1. The van der Waals surface area contributed by atoms with Gasteiger partial charge < -0.3 is 4.90 Å². The fourth-order valence-electron chi connectivity index (χ4n) is 2.01. The molecule has 1 aliphatic rings. The zero-order chi connectivity index (χ0) is 7.40. The summed E-state index contributed by atoms with van der Waals surface area (Å²) in [5.41, 5.74) is 0. The molecule has 0 amide bonds. The van der Waals surface area contributed by atoms with Crippen LogP contribution in [0, 0.1) is 0 Å². The van der Waals surface area contributed by atoms with Crippen molar-refractivity contribution in [3.63, 3.8) is 0 Å². The smallest absolute Gasteiger partial charge is 0.0205 e. The summed E-state index contributed by atoms with van der Waals surface area (Å²) in [4.78, 5) is 2.65. The minimum Gasteiger partial charge on any atom is -0.304 e. The van der Waals surface area contributed by atoms with Crippen LogP contribution >= 0.6 is 0 Å². The van der Waals surface area contributed by atoms with E-state index in [1.165, 1.54) is 48.6 Å². The van der Waals surface area contributed by atoms with E-state index in [1.807, 2.05) is 0 Å². The maximum absolute atomic E-state index is 2.65. The highest BCUT2D eigenvalue weighted by Gasteiger charge is 2.19. The molecular weight excluding hydrogens is 138 g/mol. The summed E-state index contributed by atoms with van der Waals surface area (Å²) in [6, 6.07) is 0.961. The van der Waals surface area contributed by atoms with Gasteiger partial charge in [-0.3, -0.25) is 0 Å². The van der Waals surface area contributed by atoms with Crippen molar-refractivity contribution in [3.8, 4) is 0 Å². The largest absolute Gasteiger partial charge is 0.304 e. The third-order valence-corrected chi connectivity index (χ3v) is 3.47. The van der Waals surface area contributed by atoms with E-state index in [2.05, 4.69) is 11.8 Å². The first-order chi connectivity index (χ1) is 4.88. The van der Waals surface area contributed by atoms with Crippen LogP contribution < -0.4 is 0 Å². The lowest BCUT2D eigenvalue weighted by molar-refractivity contribution is 0.244. The number of hydrogen-bond donors (Lipinski definition) is 0. The van der Waals surface area contributed by atoms with Crippen molar-refractivity contribution in [3.05, 3.63) is 0 Å². The van der Waals surface area contributed by atoms with E-state index >= 15 is 0 Å². The Labute approximate surface area is 67.2 Å². The highest BCUT2D eigenvalue weighted by molar-refractivity contribution is 6.08. The monoisotopic (exact) mass is 157 g/mol. The van der Waals surface area contributed by atoms with E-state index in [-0.39, 0.29) is 0 Å². The third-order valence-electron chi connectivity index (χ3n) is 2.65. The zero-order valence-electron chi connectivity index (χ0n) is 7.27. The highest BCUT2D eigenvalue weighted by Crippen LogP contribution is 2.22. The van der Waals surface area contributed by atoms with Gasteiger partial charge in [-0.15, -0.1) is 0 Å². The molecule has 0 aromatic rings. The summed E-state index contributed by atoms with van der Waals surface area (Å²) in [7, 11) is 1.34. The number of nitrogens with zero attached hydrogens (tertiary/aromatic N) is 1. The SMILES string of the molecule is CCN(C[SiH3])C1CCCC1. The molecule has 0 heterocycles. The van der Waals surface area contributed by atoms with Crippen molar-refractivity contribution >= 4 is 10.2 Å². The van der Waals surface area contributed by atoms with Gasteiger partial charge in [0, 0.05) is 16.3 Å². The fourth-order valence-corrected chi connectivity index (χ4v) is 2.97. The van der Waals surface area contributed by atoms with E-state index in [0.717, 1.165) is 6.04 Å². The van der Waals surface area contributed by atoms with Gasteiger partial charge in [-0.05, 0) is 25.6 Å². The molecule has 1 nitrogen and oxygen atoms in total. The Balaban J connectivity index is 2.29. The maximum Gasteiger partial charge on any atom is 0.0205 e. The lowest BCUT2D eigenvalue weighted by Crippen LogP contribution is -2.33. The van der Waals surface area contributed by atoms with Gasteiger partial charge in [0.05, 0.1) is 0 Å². The average molecular weight is 157 g/mol. The van der Waals surface area contributed by atoms with Gasteiger partial charge in [0.25, 0.3) is 0 Å². The predicted octanol–water partition coefficient (Wildman–Crippen LogP) is 0.574. The van der Waals surface area contributed by atoms with E-state index < -0.39 is 0 Å². The van der Waals surface area contributed by atoms with Gasteiger partial charge in [-0.25, -0.2) is 0 Å². The Kier molecular flexibility index (Phi) is 3.42. The fraction of sp³-hybridized carbons (Fsp3) is 1.00. The lowest BCUT2D eigenvalue weighted by Gasteiger charge is -2.25. The molecule has 0 atom stereocenters. The second-order valence-electron chi connectivity index (χ2n) is 3.16. The predicted molar refractivity (Wildman–Crippen MR) is 49.4 cm³/mol. The molecule has 1 saturated carbocycles. The maximum atomic E-state index is 2.65. The molecule has 0 N–H and O–H groups in total. The molecule has 1 rings (SSSR count). The molecule has 0 unspecified atom stereocenters. The Bertz CT molecular complexity index is 85.3. The second-order valence-corrected chi connectivity index (χ2v) is 3.79. The van der Waals surface area contributed by atoms with Crippen molar-refractivity contribution in [2.45, 2.75) is 38.6 Å². The van der Waals surface area contributed by atoms with Gasteiger partial charge >= 0.3 is 0 Å². The highest BCUT2D eigenvalue weighted by atomic mass is 28.1. The Hall–Kier alpha value is 0.177. The molecule has 0 bridgehead atoms. The van der Waals surface area contributed by atoms with Crippen molar-refractivity contribution in [2.24, 2.45) is 0 Å². The molecule has 0 aromatic heterocycles. The third kappa shape index (κ3) is 1.83. The van der Waals surface area contributed by atoms with Crippen LogP contribution in [0.4, 0.5) is 0 Å². The zero-order valence-corrected chi connectivity index (χ0v) is 9.27. The van der Waals surface area contributed by atoms with Crippen LogP contribution in [-0.4, -0.2) is 33.9 Å². The summed E-state index contributed by atoms with van der Waals surface area (Å²) in [6.45, 7) is 3.56. The second kappa shape index (κ2) is 4.14. The molecule has 10 heavy (non-hydrogen) atoms. The standard InChI is InChI=1S/C8H19NSi/c1-2-9(7-10)8-5-3-4-6-8/h8H,2-7H2,1,10H3. The van der Waals surface area contributed by atoms with Gasteiger partial charge in [-0.2, -0.15) is 0 Å². The molecule has 60 valence electrons. The summed E-state index contributed by atoms with van der Waals surface area (Å²) >= 11 is 0. The quantitative estimate of drug-likeness (QED) is 0.542. The van der Waals surface area contributed by atoms with Crippen molar-refractivity contribution in [2.75, 3.05) is 12.7 Å². The molecule has 1 fully saturated rings. The van der Waals surface area contributed by atoms with Crippen LogP contribution in [0.5, 0.6) is 0 Å². The van der Waals surface area contributed by atoms with Crippen LogP contribution in [0.15, 0.2) is 0 Å². The van der Waals surface area contributed by atoms with E-state index in [1.54, 1.807) is 0 Å². The first kappa shape index (κ1) is 8.28. The molecule has 0 spiro atoms. The van der Waals surface area contributed by atoms with Crippen LogP contribution in [-0.2, 0) is 0 Å². The Morgan fingerprint density at radius 2 is 2.00 bits per heavy atom. The molecule has 0 aromatic carbocycles. The van der Waals surface area contributed by atoms with Gasteiger partial charge in [-0.1, -0.05) is 19.8 Å². The molecule has 0 saturated heterocycles. The minimum absolute atomic E-state index is 0.961. The van der Waals surface area contributed by atoms with Crippen molar-refractivity contribution in [1.29, 1.82) is 0 Å². The summed E-state index contributed by atoms with van der Waals surface area (Å²) < 4.78 is 0. The molecular formula is C8H19NSi. The van der Waals surface area contributed by atoms with E-state index in [4.69, 9.17) is 0 Å². The molecule has 2 heteroatoms.